The van der Waals surface area contributed by atoms with Crippen molar-refractivity contribution in [3.05, 3.63) is 73.8 Å². The molecule has 4 heterocycles. The standard InChI is InChI=1S/C19H26BrN3O3.C19H24BrN3O2.C13H19BrN2O.C6H9NO3/c1-26-14-8-6-13(7-9-14)21-15-10-5-12(20)11-17(15)23-19(25)16-3-2-4-18(24)22-16;1-25-14-8-6-13(7-9-14)23-17-10-5-12(20)11-16(17)22-19(23)15-3-2-4-18(24)21-15;1-17-11-5-3-10(4-6-11)16-13-7-2-9(14)8-12(13)15;8-4-10-6-3-1-2-5(9)7-6/h5,10-11,13-14,16,21H,2-4,6-9H2,1H3,(H,22,24)(H,23,25);5,10-11,13-15H,2-4,6-9H2,1H3,(H,21,24);2,7-8,10-11,16H,3-6,15H2,1H3;4,6H,1-3H2,(H,7,9)/t13?,14?,16-;13?,14?,15-;;6-/m00.1/s1. The molecule has 8 N–H and O–H groups in total. The largest absolute Gasteiger partial charge is 0.444 e. The number of ether oxygens (including phenoxy) is 4. The summed E-state index contributed by atoms with van der Waals surface area (Å²) < 4.78 is 26.2. The Bertz CT molecular complexity index is 2620. The van der Waals surface area contributed by atoms with E-state index in [2.05, 4.69) is 107 Å². The Hall–Kier alpha value is -4.80. The van der Waals surface area contributed by atoms with Crippen LogP contribution in [0.4, 0.5) is 22.7 Å². The van der Waals surface area contributed by atoms with Gasteiger partial charge in [-0.15, -0.1) is 0 Å². The number of nitrogens with two attached hydrogens (primary N) is 1. The monoisotopic (exact) mass is 1270 g/mol. The van der Waals surface area contributed by atoms with Gasteiger partial charge in [0.05, 0.1) is 58.1 Å². The van der Waals surface area contributed by atoms with Gasteiger partial charge >= 0.3 is 0 Å². The molecule has 0 bridgehead atoms. The van der Waals surface area contributed by atoms with Gasteiger partial charge in [0.15, 0.2) is 6.23 Å². The fourth-order valence-corrected chi connectivity index (χ4v) is 12.2. The van der Waals surface area contributed by atoms with E-state index in [1.54, 1.807) is 21.3 Å². The smallest absolute Gasteiger partial charge is 0.295 e. The van der Waals surface area contributed by atoms with Gasteiger partial charge in [-0.2, -0.15) is 0 Å². The first-order valence-corrected chi connectivity index (χ1v) is 30.0. The first-order chi connectivity index (χ1) is 37.7. The van der Waals surface area contributed by atoms with Gasteiger partial charge in [0.1, 0.15) is 11.9 Å². The van der Waals surface area contributed by atoms with E-state index in [1.807, 2.05) is 36.4 Å². The van der Waals surface area contributed by atoms with E-state index < -0.39 is 12.3 Å². The number of hydrogen-bond donors (Lipinski definition) is 7. The number of rotatable bonds is 13. The number of nitrogen functional groups attached to an aromatic ring is 1. The second kappa shape index (κ2) is 30.7. The van der Waals surface area contributed by atoms with Crippen LogP contribution in [0.2, 0.25) is 0 Å². The number of methoxy groups -OCH3 is 3. The average molecular weight is 1270 g/mol. The normalized spacial score (nSPS) is 26.1. The minimum absolute atomic E-state index is 0.0209. The predicted molar refractivity (Wildman–Crippen MR) is 314 cm³/mol. The fourth-order valence-electron chi connectivity index (χ4n) is 11.2. The van der Waals surface area contributed by atoms with Crippen LogP contribution >= 0.6 is 47.8 Å². The molecule has 21 heteroatoms. The summed E-state index contributed by atoms with van der Waals surface area (Å²) >= 11 is 10.4. The van der Waals surface area contributed by atoms with E-state index >= 15 is 0 Å². The van der Waals surface area contributed by atoms with Crippen LogP contribution in [0.15, 0.2) is 68.0 Å². The second-order valence-corrected chi connectivity index (χ2v) is 23.7. The summed E-state index contributed by atoms with van der Waals surface area (Å²) in [5.74, 6) is 0.889. The summed E-state index contributed by atoms with van der Waals surface area (Å²) in [5, 5.41) is 18.5. The van der Waals surface area contributed by atoms with Gasteiger partial charge in [-0.3, -0.25) is 24.0 Å². The molecule has 3 aromatic carbocycles. The molecule has 0 radical (unpaired) electrons. The van der Waals surface area contributed by atoms with Gasteiger partial charge < -0.3 is 61.1 Å². The second-order valence-electron chi connectivity index (χ2n) is 21.0. The van der Waals surface area contributed by atoms with Crippen LogP contribution in [0.3, 0.4) is 0 Å². The van der Waals surface area contributed by atoms with E-state index in [4.69, 9.17) is 24.9 Å². The summed E-state index contributed by atoms with van der Waals surface area (Å²) in [4.78, 5) is 61.4. The fraction of sp³-hybridized carbons (Fsp3) is 0.579. The van der Waals surface area contributed by atoms with Crippen LogP contribution in [0, 0.1) is 0 Å². The van der Waals surface area contributed by atoms with Crippen molar-refractivity contribution < 1.29 is 42.9 Å². The molecule has 4 amide bonds. The molecule has 0 unspecified atom stereocenters. The van der Waals surface area contributed by atoms with Gasteiger partial charge in [-0.1, -0.05) is 47.8 Å². The molecule has 3 aliphatic heterocycles. The minimum atomic E-state index is -0.458. The van der Waals surface area contributed by atoms with Gasteiger partial charge in [0.25, 0.3) is 6.47 Å². The Labute approximate surface area is 483 Å². The van der Waals surface area contributed by atoms with E-state index in [1.165, 1.54) is 5.52 Å². The van der Waals surface area contributed by atoms with Crippen molar-refractivity contribution in [3.63, 3.8) is 0 Å². The van der Waals surface area contributed by atoms with Crippen LogP contribution in [0.25, 0.3) is 11.0 Å². The third-order valence-electron chi connectivity index (χ3n) is 15.5. The summed E-state index contributed by atoms with van der Waals surface area (Å²) in [6, 6.07) is 19.0. The highest BCUT2D eigenvalue weighted by molar-refractivity contribution is 9.11. The van der Waals surface area contributed by atoms with Crippen molar-refractivity contribution >= 4 is 112 Å². The molecule has 78 heavy (non-hydrogen) atoms. The molecule has 10 rings (SSSR count). The molecule has 3 atom stereocenters. The maximum Gasteiger partial charge on any atom is 0.295 e. The summed E-state index contributed by atoms with van der Waals surface area (Å²) in [6.45, 7) is 0.357. The van der Waals surface area contributed by atoms with E-state index in [0.29, 0.717) is 68.6 Å². The molecule has 0 spiro atoms. The van der Waals surface area contributed by atoms with Crippen LogP contribution in [0.1, 0.15) is 153 Å². The zero-order chi connectivity index (χ0) is 55.6. The highest BCUT2D eigenvalue weighted by atomic mass is 79.9. The topological polar surface area (TPSA) is 238 Å². The maximum atomic E-state index is 12.6. The zero-order valence-electron chi connectivity index (χ0n) is 45.1. The van der Waals surface area contributed by atoms with Gasteiger partial charge in [0.2, 0.25) is 23.6 Å². The van der Waals surface area contributed by atoms with E-state index in [0.717, 1.165) is 157 Å². The lowest BCUT2D eigenvalue weighted by Crippen LogP contribution is -2.46. The van der Waals surface area contributed by atoms with Crippen molar-refractivity contribution in [2.45, 2.75) is 190 Å². The van der Waals surface area contributed by atoms with Crippen LogP contribution in [0.5, 0.6) is 0 Å². The van der Waals surface area contributed by atoms with E-state index in [9.17, 15) is 24.0 Å². The minimum Gasteiger partial charge on any atom is -0.444 e. The number of carbonyl (C=O) groups excluding carboxylic acids is 5. The zero-order valence-corrected chi connectivity index (χ0v) is 49.9. The predicted octanol–water partition coefficient (Wildman–Crippen LogP) is 10.9. The van der Waals surface area contributed by atoms with Crippen LogP contribution < -0.4 is 37.6 Å². The number of carbonyl (C=O) groups is 5. The van der Waals surface area contributed by atoms with Gasteiger partial charge in [-0.25, -0.2) is 4.98 Å². The number of nitrogens with one attached hydrogen (secondary N) is 6. The molecule has 426 valence electrons. The number of amides is 4. The molecular weight excluding hydrogens is 1190 g/mol. The Morgan fingerprint density at radius 2 is 1.13 bits per heavy atom. The molecule has 6 aliphatic rings. The molecule has 1 aromatic heterocycles. The number of nitrogens with zero attached hydrogens (tertiary/aromatic N) is 2. The molecule has 18 nitrogen and oxygen atoms in total. The van der Waals surface area contributed by atoms with Gasteiger partial charge in [-0.05, 0) is 164 Å². The lowest BCUT2D eigenvalue weighted by atomic mass is 9.92. The summed E-state index contributed by atoms with van der Waals surface area (Å²) in [5.41, 5.74) is 11.6. The van der Waals surface area contributed by atoms with Crippen molar-refractivity contribution in [1.82, 2.24) is 25.5 Å². The molecular formula is C57H78Br3N9O9. The van der Waals surface area contributed by atoms with Crippen LogP contribution in [-0.2, 0) is 42.9 Å². The highest BCUT2D eigenvalue weighted by Crippen LogP contribution is 2.38. The third kappa shape index (κ3) is 18.1. The Morgan fingerprint density at radius 1 is 0.615 bits per heavy atom. The highest BCUT2D eigenvalue weighted by Gasteiger charge is 2.32. The maximum absolute atomic E-state index is 12.6. The number of imidazole rings is 1. The summed E-state index contributed by atoms with van der Waals surface area (Å²) in [7, 11) is 5.37. The van der Waals surface area contributed by atoms with Crippen LogP contribution in [-0.4, -0.2) is 104 Å². The van der Waals surface area contributed by atoms with Crippen molar-refractivity contribution in [2.24, 2.45) is 0 Å². The lowest BCUT2D eigenvalue weighted by molar-refractivity contribution is -0.141. The van der Waals surface area contributed by atoms with Crippen molar-refractivity contribution in [1.29, 1.82) is 0 Å². The van der Waals surface area contributed by atoms with Gasteiger partial charge in [0, 0.05) is 78.6 Å². The first kappa shape index (κ1) is 60.8. The Kier molecular flexibility index (Phi) is 23.9. The SMILES string of the molecule is COC1CCC(Nc2ccc(Br)cc2N)CC1.COC1CCC(Nc2ccc(Br)cc2NC(=O)[C@@H]2CCCC(=O)N2)CC1.COC1CCC(n2c([C@@H]3CCCC(=O)N3)nc3cc(Br)ccc32)CC1.O=CO[C@@H]1CCCC(=O)N1. The number of anilines is 4. The first-order valence-electron chi connectivity index (χ1n) is 27.6. The molecule has 3 aliphatic carbocycles. The van der Waals surface area contributed by atoms with Crippen molar-refractivity contribution in [2.75, 3.05) is 43.0 Å². The number of halogens is 3. The molecule has 3 saturated carbocycles. The summed E-state index contributed by atoms with van der Waals surface area (Å²) in [6.07, 6.45) is 20.3. The number of fused-ring (bicyclic) bond motifs is 1. The van der Waals surface area contributed by atoms with Crippen molar-refractivity contribution in [3.8, 4) is 0 Å². The molecule has 4 aromatic rings. The number of hydrogen-bond acceptors (Lipinski definition) is 13. The quantitative estimate of drug-likeness (QED) is 0.0488. The number of aromatic nitrogens is 2. The Balaban J connectivity index is 0.000000158. The number of piperidine rings is 3. The molecule has 6 fully saturated rings. The average Bonchev–Trinajstić information content (AvgIpc) is 3.83. The number of benzene rings is 3. The van der Waals surface area contributed by atoms with E-state index in [-0.39, 0.29) is 29.7 Å². The third-order valence-corrected chi connectivity index (χ3v) is 17.0. The Morgan fingerprint density at radius 3 is 1.69 bits per heavy atom. The lowest BCUT2D eigenvalue weighted by Gasteiger charge is -2.32. The molecule has 3 saturated heterocycles.